The molecule has 0 aliphatic heterocycles. The fourth-order valence-corrected chi connectivity index (χ4v) is 1.93. The van der Waals surface area contributed by atoms with Crippen molar-refractivity contribution in [1.29, 1.82) is 0 Å². The van der Waals surface area contributed by atoms with Crippen LogP contribution in [0.4, 0.5) is 0 Å². The first-order valence-electron chi connectivity index (χ1n) is 9.68. The first-order valence-corrected chi connectivity index (χ1v) is 9.68. The van der Waals surface area contributed by atoms with E-state index in [1.807, 2.05) is 14.1 Å². The number of hydrogen-bond donors (Lipinski definition) is 0. The summed E-state index contributed by atoms with van der Waals surface area (Å²) in [5.41, 5.74) is 0. The summed E-state index contributed by atoms with van der Waals surface area (Å²) in [4.78, 5) is 15.5. The van der Waals surface area contributed by atoms with Crippen LogP contribution in [-0.2, 0) is 29.1 Å². The molecule has 0 amide bonds. The summed E-state index contributed by atoms with van der Waals surface area (Å²) in [5.74, 6) is 0. The Balaban J connectivity index is -0.0000000975. The largest absolute Gasteiger partial charge is 6.00 e. The van der Waals surface area contributed by atoms with Crippen LogP contribution in [0, 0.1) is 0 Å². The Kier molecular flexibility index (Phi) is 56.3. The van der Waals surface area contributed by atoms with Crippen LogP contribution in [-0.4, -0.2) is 53.1 Å². The van der Waals surface area contributed by atoms with Gasteiger partial charge in [0.05, 0.1) is 0 Å². The molecule has 0 bridgehead atoms. The van der Waals surface area contributed by atoms with Gasteiger partial charge in [-0.15, -0.1) is 0 Å². The standard InChI is InChI=1S/2C9H20N2.2CHO.Ru/c2*1-4-6-7-9(10-3)11-8-5-2;2*1-2;/h2*9H,4-8H2,1-3H3;2*1H;/q2*-2;2*-1;+6. The normalized spacial score (nSPS) is 11.2. The third-order valence-corrected chi connectivity index (χ3v) is 3.35. The zero-order valence-electron chi connectivity index (χ0n) is 18.3. The van der Waals surface area contributed by atoms with Crippen molar-refractivity contribution < 1.29 is 29.1 Å². The smallest absolute Gasteiger partial charge is 0.681 e. The molecule has 7 heteroatoms. The van der Waals surface area contributed by atoms with E-state index in [9.17, 15) is 0 Å². The second-order valence-electron chi connectivity index (χ2n) is 5.57. The Morgan fingerprint density at radius 2 is 0.926 bits per heavy atom. The van der Waals surface area contributed by atoms with Gasteiger partial charge in [0, 0.05) is 0 Å². The number of unbranched alkanes of at least 4 members (excludes halogenated alkanes) is 2. The van der Waals surface area contributed by atoms with Crippen LogP contribution < -0.4 is 0 Å². The summed E-state index contributed by atoms with van der Waals surface area (Å²) in [6.07, 6.45) is 10.1. The van der Waals surface area contributed by atoms with Gasteiger partial charge in [0.25, 0.3) is 0 Å². The molecule has 0 aliphatic rings. The van der Waals surface area contributed by atoms with Gasteiger partial charge in [-0.1, -0.05) is 79.1 Å². The maximum atomic E-state index is 7.75. The van der Waals surface area contributed by atoms with Crippen LogP contribution in [0.25, 0.3) is 21.3 Å². The Morgan fingerprint density at radius 3 is 1.11 bits per heavy atom. The van der Waals surface area contributed by atoms with Crippen molar-refractivity contribution >= 4 is 13.6 Å². The summed E-state index contributed by atoms with van der Waals surface area (Å²) in [6.45, 7) is 17.1. The van der Waals surface area contributed by atoms with Crippen LogP contribution in [0.3, 0.4) is 0 Å². The van der Waals surface area contributed by atoms with Crippen molar-refractivity contribution in [2.45, 2.75) is 91.4 Å². The molecule has 0 N–H and O–H groups in total. The molecule has 27 heavy (non-hydrogen) atoms. The minimum Gasteiger partial charge on any atom is -0.681 e. The molecule has 0 saturated carbocycles. The van der Waals surface area contributed by atoms with Gasteiger partial charge in [0.2, 0.25) is 0 Å². The molecule has 0 aromatic rings. The van der Waals surface area contributed by atoms with Crippen molar-refractivity contribution in [2.75, 3.05) is 27.2 Å². The van der Waals surface area contributed by atoms with E-state index in [1.165, 1.54) is 25.7 Å². The van der Waals surface area contributed by atoms with Gasteiger partial charge in [-0.3, -0.25) is 13.6 Å². The average molecular weight is 472 g/mol. The number of rotatable bonds is 14. The topological polar surface area (TPSA) is 90.5 Å². The van der Waals surface area contributed by atoms with Crippen LogP contribution in [0.1, 0.15) is 79.1 Å². The van der Waals surface area contributed by atoms with Crippen molar-refractivity contribution in [2.24, 2.45) is 0 Å². The Morgan fingerprint density at radius 1 is 0.630 bits per heavy atom. The molecular weight excluding hydrogens is 429 g/mol. The summed E-state index contributed by atoms with van der Waals surface area (Å²) >= 11 is 0. The molecular formula is C20H42N4O2Ru. The fourth-order valence-electron chi connectivity index (χ4n) is 1.93. The van der Waals surface area contributed by atoms with E-state index in [2.05, 4.69) is 62.5 Å². The molecule has 2 atom stereocenters. The van der Waals surface area contributed by atoms with E-state index in [4.69, 9.17) is 9.59 Å². The molecule has 0 aromatic carbocycles. The average Bonchev–Trinajstić information content (AvgIpc) is 2.72. The third kappa shape index (κ3) is 37.3. The van der Waals surface area contributed by atoms with E-state index in [1.54, 1.807) is 0 Å². The van der Waals surface area contributed by atoms with Gasteiger partial charge in [-0.25, -0.2) is 12.3 Å². The number of hydrogen-bond acceptors (Lipinski definition) is 2. The first-order chi connectivity index (χ1) is 12.7. The minimum absolute atomic E-state index is 0. The molecule has 0 aromatic heterocycles. The van der Waals surface area contributed by atoms with Crippen LogP contribution in [0.15, 0.2) is 0 Å². The van der Waals surface area contributed by atoms with Crippen molar-refractivity contribution in [3.63, 3.8) is 0 Å². The van der Waals surface area contributed by atoms with E-state index < -0.39 is 0 Å². The maximum absolute atomic E-state index is 7.75. The quantitative estimate of drug-likeness (QED) is 0.176. The molecule has 0 radical (unpaired) electrons. The number of nitrogens with zero attached hydrogens (tertiary/aromatic N) is 4. The first kappa shape index (κ1) is 37.5. The molecule has 0 spiro atoms. The van der Waals surface area contributed by atoms with Gasteiger partial charge in [-0.2, -0.15) is 27.2 Å². The molecule has 0 heterocycles. The summed E-state index contributed by atoms with van der Waals surface area (Å²) in [7, 11) is 3.72. The third-order valence-electron chi connectivity index (χ3n) is 3.35. The zero-order valence-corrected chi connectivity index (χ0v) is 20.1. The van der Waals surface area contributed by atoms with E-state index in [-0.39, 0.29) is 31.8 Å². The second-order valence-corrected chi connectivity index (χ2v) is 5.57. The van der Waals surface area contributed by atoms with Gasteiger partial charge in [0.1, 0.15) is 0 Å². The SMILES string of the molecule is CCCCC([N-]C)[N-]CCC.CCCCC([N-]C)[N-]CCC.[CH-]=O.[CH-]=O.[Ru+6]. The maximum Gasteiger partial charge on any atom is 6.00 e. The van der Waals surface area contributed by atoms with Crippen molar-refractivity contribution in [3.8, 4) is 0 Å². The van der Waals surface area contributed by atoms with Gasteiger partial charge < -0.3 is 30.9 Å². The van der Waals surface area contributed by atoms with Crippen LogP contribution in [0.5, 0.6) is 0 Å². The molecule has 2 unspecified atom stereocenters. The van der Waals surface area contributed by atoms with Crippen molar-refractivity contribution in [3.05, 3.63) is 21.3 Å². The molecule has 162 valence electrons. The predicted molar refractivity (Wildman–Crippen MR) is 116 cm³/mol. The van der Waals surface area contributed by atoms with Crippen molar-refractivity contribution in [1.82, 2.24) is 0 Å². The fraction of sp³-hybridized carbons (Fsp3) is 0.900. The van der Waals surface area contributed by atoms with E-state index >= 15 is 0 Å². The molecule has 6 nitrogen and oxygen atoms in total. The van der Waals surface area contributed by atoms with Crippen LogP contribution >= 0.6 is 0 Å². The summed E-state index contributed by atoms with van der Waals surface area (Å²) < 4.78 is 0. The zero-order chi connectivity index (χ0) is 21.1. The Bertz CT molecular complexity index is 190. The molecule has 0 rings (SSSR count). The Labute approximate surface area is 182 Å². The van der Waals surface area contributed by atoms with E-state index in [0.717, 1.165) is 38.8 Å². The Hall–Kier alpha value is -0.197. The minimum atomic E-state index is 0. The van der Waals surface area contributed by atoms with Gasteiger partial charge in [0.15, 0.2) is 0 Å². The second kappa shape index (κ2) is 40.5. The molecule has 0 fully saturated rings. The summed E-state index contributed by atoms with van der Waals surface area (Å²) in [6, 6.07) is 0. The predicted octanol–water partition coefficient (Wildman–Crippen LogP) is 6.03. The number of carbonyl (C=O) groups excluding carboxylic acids is 2. The molecule has 0 saturated heterocycles. The molecule has 0 aliphatic carbocycles. The van der Waals surface area contributed by atoms with E-state index in [0.29, 0.717) is 0 Å². The van der Waals surface area contributed by atoms with Crippen LogP contribution in [0.2, 0.25) is 0 Å². The van der Waals surface area contributed by atoms with Gasteiger partial charge >= 0.3 is 19.5 Å². The van der Waals surface area contributed by atoms with Gasteiger partial charge in [-0.05, 0) is 0 Å². The summed E-state index contributed by atoms with van der Waals surface area (Å²) in [5, 5.41) is 17.3. The monoisotopic (exact) mass is 472 g/mol.